The van der Waals surface area contributed by atoms with Crippen LogP contribution in [0.1, 0.15) is 374 Å². The first-order chi connectivity index (χ1) is 42.9. The van der Waals surface area contributed by atoms with E-state index >= 15 is 0 Å². The minimum Gasteiger partial charge on any atom is -0.756 e. The van der Waals surface area contributed by atoms with E-state index in [4.69, 9.17) is 13.8 Å². The summed E-state index contributed by atoms with van der Waals surface area (Å²) in [6, 6.07) is -0.891. The lowest BCUT2D eigenvalue weighted by Crippen LogP contribution is -2.47. The van der Waals surface area contributed by atoms with Gasteiger partial charge in [0.1, 0.15) is 19.3 Å². The highest BCUT2D eigenvalue weighted by Gasteiger charge is 2.27. The number of nitrogens with zero attached hydrogens (tertiary/aromatic N) is 1. The molecule has 0 aliphatic heterocycles. The second-order valence-electron chi connectivity index (χ2n) is 27.2. The number of rotatable bonds is 70. The molecule has 0 spiro atoms. The largest absolute Gasteiger partial charge is 0.756 e. The number of allylic oxidation sites excluding steroid dienone is 9. The van der Waals surface area contributed by atoms with Gasteiger partial charge in [0.15, 0.2) is 0 Å². The molecule has 88 heavy (non-hydrogen) atoms. The number of phosphoric ester groups is 1. The van der Waals surface area contributed by atoms with Gasteiger partial charge in [0, 0.05) is 12.8 Å². The zero-order valence-electron chi connectivity index (χ0n) is 59.2. The fourth-order valence-corrected chi connectivity index (χ4v) is 12.1. The van der Waals surface area contributed by atoms with Crippen molar-refractivity contribution in [1.29, 1.82) is 0 Å². The third-order valence-electron chi connectivity index (χ3n) is 17.2. The third kappa shape index (κ3) is 68.1. The summed E-state index contributed by atoms with van der Waals surface area (Å²) in [6.07, 6.45) is 87.8. The molecule has 0 bridgehead atoms. The second-order valence-corrected chi connectivity index (χ2v) is 28.6. The Hall–Kier alpha value is -2.29. The number of quaternary nitrogens is 1. The predicted molar refractivity (Wildman–Crippen MR) is 381 cm³/mol. The lowest BCUT2D eigenvalue weighted by atomic mass is 10.0. The number of phosphoric acid groups is 1. The molecule has 0 aromatic heterocycles. The number of carbonyl (C=O) groups is 2. The minimum absolute atomic E-state index is 0.0224. The van der Waals surface area contributed by atoms with Crippen LogP contribution in [0.3, 0.4) is 0 Å². The maximum atomic E-state index is 13.6. The highest BCUT2D eigenvalue weighted by atomic mass is 31.2. The molecule has 0 rings (SSSR count). The third-order valence-corrected chi connectivity index (χ3v) is 18.2. The van der Waals surface area contributed by atoms with Crippen molar-refractivity contribution in [3.8, 4) is 0 Å². The lowest BCUT2D eigenvalue weighted by Gasteiger charge is -2.30. The van der Waals surface area contributed by atoms with Gasteiger partial charge >= 0.3 is 5.97 Å². The number of hydrogen-bond acceptors (Lipinski definition) is 7. The van der Waals surface area contributed by atoms with E-state index in [0.717, 1.165) is 89.9 Å². The zero-order valence-corrected chi connectivity index (χ0v) is 60.1. The molecule has 0 radical (unpaired) electrons. The van der Waals surface area contributed by atoms with Gasteiger partial charge in [-0.2, -0.15) is 0 Å². The first-order valence-electron chi connectivity index (χ1n) is 38.1. The van der Waals surface area contributed by atoms with Gasteiger partial charge in [-0.25, -0.2) is 0 Å². The molecule has 0 aromatic carbocycles. The van der Waals surface area contributed by atoms with Crippen molar-refractivity contribution in [3.63, 3.8) is 0 Å². The Balaban J connectivity index is 4.98. The quantitative estimate of drug-likeness (QED) is 0.0212. The Morgan fingerprint density at radius 2 is 0.693 bits per heavy atom. The number of nitrogens with one attached hydrogen (secondary N) is 1. The van der Waals surface area contributed by atoms with Crippen molar-refractivity contribution in [3.05, 3.63) is 60.8 Å². The summed E-state index contributed by atoms with van der Waals surface area (Å²) >= 11 is 0. The van der Waals surface area contributed by atoms with Crippen LogP contribution in [0.25, 0.3) is 0 Å². The van der Waals surface area contributed by atoms with Crippen molar-refractivity contribution < 1.29 is 37.3 Å². The van der Waals surface area contributed by atoms with Crippen molar-refractivity contribution in [1.82, 2.24) is 5.32 Å². The number of likely N-dealkylation sites (N-methyl/N-ethyl adjacent to an activating group) is 1. The minimum atomic E-state index is -4.71. The molecule has 10 heteroatoms. The fourth-order valence-electron chi connectivity index (χ4n) is 11.3. The molecule has 0 fully saturated rings. The second kappa shape index (κ2) is 67.6. The summed E-state index contributed by atoms with van der Waals surface area (Å²) in [6.45, 7) is 6.87. The molecular weight excluding hydrogens is 1110 g/mol. The summed E-state index contributed by atoms with van der Waals surface area (Å²) in [5.41, 5.74) is 0. The molecule has 3 unspecified atom stereocenters. The summed E-state index contributed by atoms with van der Waals surface area (Å²) in [5, 5.41) is 3.05. The normalized spacial score (nSPS) is 13.8. The van der Waals surface area contributed by atoms with Crippen LogP contribution in [-0.4, -0.2) is 69.4 Å². The molecule has 1 amide bonds. The van der Waals surface area contributed by atoms with E-state index in [9.17, 15) is 19.0 Å². The van der Waals surface area contributed by atoms with Gasteiger partial charge in [0.2, 0.25) is 5.91 Å². The van der Waals surface area contributed by atoms with Gasteiger partial charge in [-0.15, -0.1) is 0 Å². The Morgan fingerprint density at radius 3 is 1.06 bits per heavy atom. The van der Waals surface area contributed by atoms with Crippen LogP contribution in [0.4, 0.5) is 0 Å². The fraction of sp³-hybridized carbons (Fsp3) is 0.846. The van der Waals surface area contributed by atoms with E-state index in [-0.39, 0.29) is 31.5 Å². The van der Waals surface area contributed by atoms with Crippen LogP contribution in [0, 0.1) is 0 Å². The maximum Gasteiger partial charge on any atom is 0.306 e. The van der Waals surface area contributed by atoms with Gasteiger partial charge in [-0.3, -0.25) is 14.2 Å². The number of esters is 1. The maximum absolute atomic E-state index is 13.6. The smallest absolute Gasteiger partial charge is 0.306 e. The van der Waals surface area contributed by atoms with Crippen LogP contribution in [-0.2, 0) is 27.9 Å². The molecule has 0 aromatic rings. The van der Waals surface area contributed by atoms with E-state index in [1.54, 1.807) is 0 Å². The number of carbonyl (C=O) groups excluding carboxylic acids is 2. The Labute approximate surface area is 547 Å². The van der Waals surface area contributed by atoms with Gasteiger partial charge in [0.25, 0.3) is 7.82 Å². The van der Waals surface area contributed by atoms with Gasteiger partial charge in [0.05, 0.1) is 33.8 Å². The topological polar surface area (TPSA) is 114 Å². The lowest BCUT2D eigenvalue weighted by molar-refractivity contribution is -0.870. The Bertz CT molecular complexity index is 1690. The average molecular weight is 1260 g/mol. The molecule has 0 aliphatic carbocycles. The van der Waals surface area contributed by atoms with Crippen molar-refractivity contribution in [2.45, 2.75) is 386 Å². The SMILES string of the molecule is CCCCC/C=C\C/C=C\C/C=C\C/C=C\CCCCCCCCCCCC(=O)OC(/C=C/CCCCCCCCCCCC)C(COP(=O)([O-])OCC[N+](C)(C)C)NC(=O)CCCCCCCCCCCCCCCCCCCCCCCCCCC. The van der Waals surface area contributed by atoms with Crippen LogP contribution in [0.5, 0.6) is 0 Å². The molecule has 0 saturated carbocycles. The van der Waals surface area contributed by atoms with Crippen LogP contribution >= 0.6 is 7.82 Å². The summed E-state index contributed by atoms with van der Waals surface area (Å²) in [7, 11) is 1.19. The first-order valence-corrected chi connectivity index (χ1v) is 39.6. The molecule has 1 N–H and O–H groups in total. The van der Waals surface area contributed by atoms with Crippen LogP contribution in [0.2, 0.25) is 0 Å². The summed E-state index contributed by atoms with van der Waals surface area (Å²) < 4.78 is 30.5. The first kappa shape index (κ1) is 85.7. The summed E-state index contributed by atoms with van der Waals surface area (Å²) in [4.78, 5) is 40.3. The molecule has 3 atom stereocenters. The van der Waals surface area contributed by atoms with Gasteiger partial charge < -0.3 is 28.5 Å². The summed E-state index contributed by atoms with van der Waals surface area (Å²) in [5.74, 6) is -0.531. The van der Waals surface area contributed by atoms with Crippen molar-refractivity contribution in [2.24, 2.45) is 0 Å². The highest BCUT2D eigenvalue weighted by Crippen LogP contribution is 2.38. The standard InChI is InChI=1S/C78H147N2O7P/c1-7-10-13-16-19-22-25-28-30-32-34-36-38-40-42-44-46-48-50-52-55-58-61-64-67-70-77(81)79-75(74-86-88(83,84)85-73-72-80(4,5)6)76(69-66-63-60-57-54-27-24-21-18-15-12-9-3)87-78(82)71-68-65-62-59-56-53-51-49-47-45-43-41-39-37-35-33-31-29-26-23-20-17-14-11-8-2/h20,23,29,31,35,37,41,43,66,69,75-76H,7-19,21-22,24-28,30,32-34,36,38-40,42,44-65,67-68,70-74H2,1-6H3,(H-,79,81,83,84)/b23-20-,31-29-,37-35-,43-41-,69-66+. The van der Waals surface area contributed by atoms with Crippen molar-refractivity contribution >= 4 is 19.7 Å². The predicted octanol–water partition coefficient (Wildman–Crippen LogP) is 23.9. The van der Waals surface area contributed by atoms with Gasteiger partial charge in [-0.05, 0) is 76.7 Å². The number of hydrogen-bond donors (Lipinski definition) is 1. The number of ether oxygens (including phenoxy) is 1. The van der Waals surface area contributed by atoms with E-state index in [1.807, 2.05) is 33.3 Å². The monoisotopic (exact) mass is 1260 g/mol. The van der Waals surface area contributed by atoms with E-state index in [2.05, 4.69) is 74.7 Å². The van der Waals surface area contributed by atoms with Crippen molar-refractivity contribution in [2.75, 3.05) is 40.9 Å². The molecule has 516 valence electrons. The van der Waals surface area contributed by atoms with E-state index in [1.165, 1.54) is 250 Å². The highest BCUT2D eigenvalue weighted by molar-refractivity contribution is 7.45. The Kier molecular flexibility index (Phi) is 65.8. The number of amides is 1. The van der Waals surface area contributed by atoms with E-state index < -0.39 is 20.0 Å². The van der Waals surface area contributed by atoms with Crippen LogP contribution < -0.4 is 10.2 Å². The average Bonchev–Trinajstić information content (AvgIpc) is 3.52. The van der Waals surface area contributed by atoms with E-state index in [0.29, 0.717) is 17.4 Å². The molecule has 0 saturated heterocycles. The van der Waals surface area contributed by atoms with Crippen LogP contribution in [0.15, 0.2) is 60.8 Å². The zero-order chi connectivity index (χ0) is 64.2. The molecular formula is C78H147N2O7P. The Morgan fingerprint density at radius 1 is 0.398 bits per heavy atom. The molecule has 0 aliphatic rings. The number of unbranched alkanes of at least 4 members (excludes halogenated alkanes) is 46. The molecule has 9 nitrogen and oxygen atoms in total. The van der Waals surface area contributed by atoms with Gasteiger partial charge in [-0.1, -0.05) is 345 Å². The molecule has 0 heterocycles.